The molecule has 3 aromatic heterocycles. The zero-order valence-corrected chi connectivity index (χ0v) is 13.5. The van der Waals surface area contributed by atoms with Gasteiger partial charge in [-0.3, -0.25) is 24.2 Å². The maximum atomic E-state index is 12.4. The average Bonchev–Trinajstić information content (AvgIpc) is 3.29. The van der Waals surface area contributed by atoms with Crippen molar-refractivity contribution in [1.29, 1.82) is 0 Å². The first-order valence-electron chi connectivity index (χ1n) is 7.45. The molecule has 10 heteroatoms. The van der Waals surface area contributed by atoms with Crippen LogP contribution in [0.1, 0.15) is 5.56 Å². The van der Waals surface area contributed by atoms with Crippen LogP contribution in [0, 0.1) is 0 Å². The third kappa shape index (κ3) is 2.35. The Labute approximate surface area is 140 Å². The van der Waals surface area contributed by atoms with Crippen LogP contribution in [0.3, 0.4) is 0 Å². The number of fused-ring (bicyclic) bond motifs is 1. The lowest BCUT2D eigenvalue weighted by Crippen LogP contribution is -2.37. The van der Waals surface area contributed by atoms with Crippen molar-refractivity contribution >= 4 is 11.2 Å². The largest absolute Gasteiger partial charge is 0.332 e. The minimum absolute atomic E-state index is 0.366. The quantitative estimate of drug-likeness (QED) is 0.485. The van der Waals surface area contributed by atoms with Crippen molar-refractivity contribution in [3.63, 3.8) is 0 Å². The molecule has 0 atom stereocenters. The molecule has 0 saturated carbocycles. The van der Waals surface area contributed by atoms with E-state index in [1.807, 2.05) is 24.3 Å². The number of hydrogen-bond donors (Lipinski definition) is 0. The summed E-state index contributed by atoms with van der Waals surface area (Å²) >= 11 is 0. The summed E-state index contributed by atoms with van der Waals surface area (Å²) in [7, 11) is 3.05. The molecule has 3 heterocycles. The molecule has 0 bridgehead atoms. The van der Waals surface area contributed by atoms with Crippen molar-refractivity contribution in [2.45, 2.75) is 6.54 Å². The first kappa shape index (κ1) is 15.0. The van der Waals surface area contributed by atoms with E-state index in [0.29, 0.717) is 23.5 Å². The first-order chi connectivity index (χ1) is 12.1. The van der Waals surface area contributed by atoms with Gasteiger partial charge < -0.3 is 9.67 Å². The van der Waals surface area contributed by atoms with Crippen LogP contribution in [0.4, 0.5) is 0 Å². The van der Waals surface area contributed by atoms with Crippen molar-refractivity contribution < 1.29 is 0 Å². The fourth-order valence-corrected chi connectivity index (χ4v) is 2.73. The van der Waals surface area contributed by atoms with Crippen molar-refractivity contribution in [2.24, 2.45) is 14.1 Å². The molecule has 0 amide bonds. The van der Waals surface area contributed by atoms with Gasteiger partial charge in [0.15, 0.2) is 11.2 Å². The second-order valence-electron chi connectivity index (χ2n) is 5.65. The Kier molecular flexibility index (Phi) is 3.31. The van der Waals surface area contributed by atoms with Gasteiger partial charge in [0, 0.05) is 26.5 Å². The summed E-state index contributed by atoms with van der Waals surface area (Å²) in [5, 5.41) is 14.5. The third-order valence-corrected chi connectivity index (χ3v) is 4.10. The van der Waals surface area contributed by atoms with Gasteiger partial charge in [-0.2, -0.15) is 5.21 Å². The van der Waals surface area contributed by atoms with E-state index in [4.69, 9.17) is 0 Å². The molecule has 4 aromatic rings. The maximum absolute atomic E-state index is 12.4. The van der Waals surface area contributed by atoms with Gasteiger partial charge in [-0.05, 0) is 11.1 Å². The van der Waals surface area contributed by atoms with Crippen LogP contribution >= 0.6 is 0 Å². The van der Waals surface area contributed by atoms with Gasteiger partial charge in [-0.1, -0.05) is 24.3 Å². The van der Waals surface area contributed by atoms with Crippen LogP contribution in [0.25, 0.3) is 22.6 Å². The predicted molar refractivity (Wildman–Crippen MR) is 87.9 cm³/mol. The monoisotopic (exact) mass is 337 g/mol. The molecule has 0 unspecified atom stereocenters. The highest BCUT2D eigenvalue weighted by Crippen LogP contribution is 2.15. The van der Waals surface area contributed by atoms with Crippen molar-refractivity contribution in [3.8, 4) is 11.4 Å². The van der Waals surface area contributed by atoms with Crippen LogP contribution in [0.5, 0.6) is 0 Å². The van der Waals surface area contributed by atoms with Crippen LogP contribution in [-0.4, -0.2) is 34.2 Å². The average molecular weight is 337 g/mol. The highest BCUT2D eigenvalue weighted by atomic mass is 16.2. The highest BCUT2D eigenvalue weighted by molar-refractivity contribution is 5.70. The smallest absolute Gasteiger partial charge is 0.330 e. The number of tetrazole rings is 1. The van der Waals surface area contributed by atoms with Gasteiger partial charge in [0.2, 0.25) is 0 Å². The Morgan fingerprint density at radius 3 is 2.52 bits per heavy atom. The second-order valence-corrected chi connectivity index (χ2v) is 5.65. The number of aromatic nitrogens is 8. The van der Waals surface area contributed by atoms with E-state index in [1.54, 1.807) is 17.9 Å². The molecular weight excluding hydrogens is 324 g/mol. The molecule has 0 fully saturated rings. The molecule has 4 rings (SSSR count). The SMILES string of the molecule is Cn1c(=O)c2c(ncn2Cc2ccc(-c3nnn[n-]3)cc2)n(C)c1=O. The fraction of sp³-hybridized carbons (Fsp3) is 0.200. The minimum Gasteiger partial charge on any atom is -0.330 e. The lowest BCUT2D eigenvalue weighted by atomic mass is 10.1. The van der Waals surface area contributed by atoms with E-state index in [9.17, 15) is 9.59 Å². The summed E-state index contributed by atoms with van der Waals surface area (Å²) in [6, 6.07) is 7.54. The summed E-state index contributed by atoms with van der Waals surface area (Å²) in [6.07, 6.45) is 1.56. The van der Waals surface area contributed by atoms with E-state index in [1.165, 1.54) is 11.6 Å². The Bertz CT molecular complexity index is 1170. The lowest BCUT2D eigenvalue weighted by molar-refractivity contribution is 0.702. The molecule has 0 N–H and O–H groups in total. The zero-order valence-electron chi connectivity index (χ0n) is 13.5. The number of benzene rings is 1. The van der Waals surface area contributed by atoms with Crippen LogP contribution in [-0.2, 0) is 20.6 Å². The van der Waals surface area contributed by atoms with E-state index in [2.05, 4.69) is 25.6 Å². The molecule has 0 radical (unpaired) electrons. The van der Waals surface area contributed by atoms with Crippen molar-refractivity contribution in [1.82, 2.24) is 39.3 Å². The lowest BCUT2D eigenvalue weighted by Gasteiger charge is -2.08. The summed E-state index contributed by atoms with van der Waals surface area (Å²) in [5.41, 5.74) is 1.76. The Hall–Kier alpha value is -3.56. The van der Waals surface area contributed by atoms with Crippen LogP contribution in [0.15, 0.2) is 40.2 Å². The number of rotatable bonds is 3. The van der Waals surface area contributed by atoms with Gasteiger partial charge in [0.05, 0.1) is 6.33 Å². The molecule has 0 spiro atoms. The van der Waals surface area contributed by atoms with Gasteiger partial charge in [0.25, 0.3) is 5.56 Å². The summed E-state index contributed by atoms with van der Waals surface area (Å²) in [4.78, 5) is 28.6. The number of hydrogen-bond acceptors (Lipinski definition) is 6. The topological polar surface area (TPSA) is 115 Å². The third-order valence-electron chi connectivity index (χ3n) is 4.10. The highest BCUT2D eigenvalue weighted by Gasteiger charge is 2.14. The van der Waals surface area contributed by atoms with Gasteiger partial charge in [-0.15, -0.1) is 0 Å². The summed E-state index contributed by atoms with van der Waals surface area (Å²) in [6.45, 7) is 0.447. The molecule has 0 aliphatic carbocycles. The maximum Gasteiger partial charge on any atom is 0.332 e. The standard InChI is InChI=1S/C15H13N8O2/c1-21-13-11(14(24)22(2)15(21)25)23(8-16-13)7-9-3-5-10(6-4-9)12-17-19-20-18-12/h3-6,8H,7H2,1-2H3/q-1. The van der Waals surface area contributed by atoms with E-state index >= 15 is 0 Å². The Balaban J connectivity index is 1.74. The summed E-state index contributed by atoms with van der Waals surface area (Å²) in [5.74, 6) is 0.462. The van der Waals surface area contributed by atoms with E-state index in [-0.39, 0.29) is 5.56 Å². The molecule has 1 aromatic carbocycles. The van der Waals surface area contributed by atoms with Gasteiger partial charge in [-0.25, -0.2) is 9.78 Å². The normalized spacial score (nSPS) is 11.3. The minimum atomic E-state index is -0.399. The Morgan fingerprint density at radius 2 is 1.84 bits per heavy atom. The molecule has 126 valence electrons. The molecule has 25 heavy (non-hydrogen) atoms. The zero-order chi connectivity index (χ0) is 17.6. The van der Waals surface area contributed by atoms with Gasteiger partial charge >= 0.3 is 5.69 Å². The number of aryl methyl sites for hydroxylation is 1. The van der Waals surface area contributed by atoms with Gasteiger partial charge in [0.1, 0.15) is 0 Å². The Morgan fingerprint density at radius 1 is 1.08 bits per heavy atom. The molecule has 0 aliphatic heterocycles. The van der Waals surface area contributed by atoms with Crippen molar-refractivity contribution in [3.05, 3.63) is 57.0 Å². The predicted octanol–water partition coefficient (Wildman–Crippen LogP) is -0.709. The number of nitrogens with zero attached hydrogens (tertiary/aromatic N) is 8. The molecule has 0 aliphatic rings. The van der Waals surface area contributed by atoms with E-state index in [0.717, 1.165) is 15.7 Å². The second kappa shape index (κ2) is 5.51. The molecule has 0 saturated heterocycles. The summed E-state index contributed by atoms with van der Waals surface area (Å²) < 4.78 is 4.17. The van der Waals surface area contributed by atoms with E-state index < -0.39 is 5.69 Å². The van der Waals surface area contributed by atoms with Crippen LogP contribution < -0.4 is 16.3 Å². The first-order valence-corrected chi connectivity index (χ1v) is 7.45. The fourth-order valence-electron chi connectivity index (χ4n) is 2.73. The van der Waals surface area contributed by atoms with Crippen LogP contribution in [0.2, 0.25) is 0 Å². The molecular formula is C15H13N8O2-. The van der Waals surface area contributed by atoms with Crippen molar-refractivity contribution in [2.75, 3.05) is 0 Å². The number of imidazole rings is 1. The molecule has 10 nitrogen and oxygen atoms in total.